The highest BCUT2D eigenvalue weighted by atomic mass is 35.5. The zero-order valence-electron chi connectivity index (χ0n) is 14.1. The highest BCUT2D eigenvalue weighted by Crippen LogP contribution is 2.44. The SMILES string of the molecule is CNC1CCC(c2c(F)cc3c(=N)c(C)cn(C4CC4)c3c2Cl)C1. The van der Waals surface area contributed by atoms with Crippen LogP contribution in [0.3, 0.4) is 0 Å². The van der Waals surface area contributed by atoms with Gasteiger partial charge in [-0.2, -0.15) is 0 Å². The zero-order chi connectivity index (χ0) is 17.0. The van der Waals surface area contributed by atoms with Crippen LogP contribution in [0.25, 0.3) is 10.9 Å². The molecule has 2 aliphatic rings. The topological polar surface area (TPSA) is 40.8 Å². The van der Waals surface area contributed by atoms with Gasteiger partial charge in [-0.3, -0.25) is 5.41 Å². The van der Waals surface area contributed by atoms with E-state index < -0.39 is 0 Å². The van der Waals surface area contributed by atoms with E-state index in [1.807, 2.05) is 20.2 Å². The molecular formula is C19H23ClFN3. The van der Waals surface area contributed by atoms with Gasteiger partial charge in [0.25, 0.3) is 0 Å². The number of halogens is 2. The van der Waals surface area contributed by atoms with Crippen molar-refractivity contribution in [1.29, 1.82) is 5.41 Å². The molecule has 24 heavy (non-hydrogen) atoms. The lowest BCUT2D eigenvalue weighted by Gasteiger charge is -2.20. The van der Waals surface area contributed by atoms with Gasteiger partial charge in [-0.1, -0.05) is 11.6 Å². The van der Waals surface area contributed by atoms with E-state index in [-0.39, 0.29) is 11.7 Å². The minimum Gasteiger partial charge on any atom is -0.343 e. The number of rotatable bonds is 3. The Hall–Kier alpha value is -1.39. The Kier molecular flexibility index (Phi) is 3.92. The quantitative estimate of drug-likeness (QED) is 0.848. The van der Waals surface area contributed by atoms with Crippen molar-refractivity contribution in [1.82, 2.24) is 9.88 Å². The largest absolute Gasteiger partial charge is 0.343 e. The summed E-state index contributed by atoms with van der Waals surface area (Å²) in [5.41, 5.74) is 2.37. The molecular weight excluding hydrogens is 325 g/mol. The third-order valence-corrected chi connectivity index (χ3v) is 6.05. The van der Waals surface area contributed by atoms with Gasteiger partial charge in [-0.15, -0.1) is 0 Å². The van der Waals surface area contributed by atoms with Crippen LogP contribution in [0.15, 0.2) is 12.3 Å². The van der Waals surface area contributed by atoms with E-state index in [2.05, 4.69) is 9.88 Å². The average Bonchev–Trinajstić information content (AvgIpc) is 3.29. The molecule has 128 valence electrons. The van der Waals surface area contributed by atoms with Gasteiger partial charge in [0.05, 0.1) is 15.9 Å². The third kappa shape index (κ3) is 2.47. The molecule has 0 aliphatic heterocycles. The van der Waals surface area contributed by atoms with Crippen LogP contribution in [0.4, 0.5) is 4.39 Å². The van der Waals surface area contributed by atoms with Crippen molar-refractivity contribution in [2.45, 2.75) is 57.0 Å². The number of nitrogens with zero attached hydrogens (tertiary/aromatic N) is 1. The van der Waals surface area contributed by atoms with Crippen LogP contribution >= 0.6 is 11.6 Å². The first-order chi connectivity index (χ1) is 11.5. The van der Waals surface area contributed by atoms with Crippen molar-refractivity contribution in [3.05, 3.63) is 39.6 Å². The average molecular weight is 348 g/mol. The Bertz CT molecular complexity index is 869. The summed E-state index contributed by atoms with van der Waals surface area (Å²) in [6, 6.07) is 2.41. The van der Waals surface area contributed by atoms with E-state index in [0.29, 0.717) is 33.4 Å². The summed E-state index contributed by atoms with van der Waals surface area (Å²) in [6.07, 6.45) is 7.20. The van der Waals surface area contributed by atoms with Crippen LogP contribution in [-0.2, 0) is 0 Å². The summed E-state index contributed by atoms with van der Waals surface area (Å²) in [7, 11) is 1.96. The molecule has 2 fully saturated rings. The molecule has 1 aromatic carbocycles. The molecule has 0 saturated heterocycles. The minimum atomic E-state index is -0.254. The summed E-state index contributed by atoms with van der Waals surface area (Å²) in [5.74, 6) is -0.0989. The van der Waals surface area contributed by atoms with Crippen molar-refractivity contribution >= 4 is 22.5 Å². The summed E-state index contributed by atoms with van der Waals surface area (Å²) in [5, 5.41) is 13.2. The molecule has 0 amide bonds. The van der Waals surface area contributed by atoms with Crippen molar-refractivity contribution in [3.8, 4) is 0 Å². The van der Waals surface area contributed by atoms with Crippen LogP contribution in [0, 0.1) is 18.2 Å². The fourth-order valence-electron chi connectivity index (χ4n) is 4.14. The number of fused-ring (bicyclic) bond motifs is 1. The van der Waals surface area contributed by atoms with E-state index in [4.69, 9.17) is 17.0 Å². The number of nitrogens with one attached hydrogen (secondary N) is 2. The summed E-state index contributed by atoms with van der Waals surface area (Å²) < 4.78 is 17.1. The summed E-state index contributed by atoms with van der Waals surface area (Å²) in [4.78, 5) is 0. The van der Waals surface area contributed by atoms with Gasteiger partial charge in [0, 0.05) is 29.2 Å². The van der Waals surface area contributed by atoms with Crippen LogP contribution in [0.5, 0.6) is 0 Å². The molecule has 0 bridgehead atoms. The first-order valence-electron chi connectivity index (χ1n) is 8.76. The number of hydrogen-bond donors (Lipinski definition) is 2. The predicted molar refractivity (Wildman–Crippen MR) is 95.2 cm³/mol. The molecule has 1 heterocycles. The zero-order valence-corrected chi connectivity index (χ0v) is 14.9. The molecule has 2 aliphatic carbocycles. The molecule has 2 aromatic rings. The predicted octanol–water partition coefficient (Wildman–Crippen LogP) is 4.41. The lowest BCUT2D eigenvalue weighted by molar-refractivity contribution is 0.553. The van der Waals surface area contributed by atoms with Gasteiger partial charge in [0.1, 0.15) is 5.82 Å². The Morgan fingerprint density at radius 1 is 1.29 bits per heavy atom. The summed E-state index contributed by atoms with van der Waals surface area (Å²) in [6.45, 7) is 1.91. The highest BCUT2D eigenvalue weighted by molar-refractivity contribution is 6.36. The minimum absolute atomic E-state index is 0.155. The Labute approximate surface area is 146 Å². The molecule has 2 atom stereocenters. The first kappa shape index (κ1) is 16.1. The van der Waals surface area contributed by atoms with Gasteiger partial charge >= 0.3 is 0 Å². The molecule has 1 aromatic heterocycles. The van der Waals surface area contributed by atoms with Crippen molar-refractivity contribution in [2.75, 3.05) is 7.05 Å². The lowest BCUT2D eigenvalue weighted by Crippen LogP contribution is -2.21. The molecule has 2 unspecified atom stereocenters. The van der Waals surface area contributed by atoms with Crippen LogP contribution in [0.2, 0.25) is 5.02 Å². The van der Waals surface area contributed by atoms with Crippen molar-refractivity contribution in [3.63, 3.8) is 0 Å². The summed E-state index contributed by atoms with van der Waals surface area (Å²) >= 11 is 6.75. The Balaban J connectivity index is 1.95. The van der Waals surface area contributed by atoms with E-state index in [1.165, 1.54) is 6.07 Å². The standard InChI is InChI=1S/C19H23ClFN3/c1-10-9-24(13-5-6-13)19-14(18(10)22)8-15(21)16(17(19)20)11-3-4-12(7-11)23-2/h8-9,11-13,22-23H,3-7H2,1-2H3. The van der Waals surface area contributed by atoms with E-state index >= 15 is 0 Å². The fraction of sp³-hybridized carbons (Fsp3) is 0.526. The molecule has 4 rings (SSSR count). The smallest absolute Gasteiger partial charge is 0.128 e. The van der Waals surface area contributed by atoms with Crippen LogP contribution in [-0.4, -0.2) is 17.7 Å². The van der Waals surface area contributed by atoms with E-state index in [1.54, 1.807) is 0 Å². The fourth-order valence-corrected chi connectivity index (χ4v) is 4.58. The second-order valence-corrected chi connectivity index (χ2v) is 7.68. The maximum absolute atomic E-state index is 14.9. The first-order valence-corrected chi connectivity index (χ1v) is 9.14. The normalized spacial score (nSPS) is 24.0. The van der Waals surface area contributed by atoms with E-state index in [0.717, 1.165) is 43.2 Å². The maximum Gasteiger partial charge on any atom is 0.128 e. The van der Waals surface area contributed by atoms with Crippen LogP contribution < -0.4 is 10.7 Å². The highest BCUT2D eigenvalue weighted by Gasteiger charge is 2.32. The van der Waals surface area contributed by atoms with Gasteiger partial charge in [0.2, 0.25) is 0 Å². The Morgan fingerprint density at radius 2 is 2.04 bits per heavy atom. The third-order valence-electron chi connectivity index (χ3n) is 5.67. The Morgan fingerprint density at radius 3 is 2.67 bits per heavy atom. The maximum atomic E-state index is 14.9. The van der Waals surface area contributed by atoms with E-state index in [9.17, 15) is 4.39 Å². The number of hydrogen-bond acceptors (Lipinski definition) is 2. The monoisotopic (exact) mass is 347 g/mol. The number of benzene rings is 1. The molecule has 0 spiro atoms. The molecule has 5 heteroatoms. The number of pyridine rings is 1. The second-order valence-electron chi connectivity index (χ2n) is 7.30. The van der Waals surface area contributed by atoms with Gasteiger partial charge < -0.3 is 9.88 Å². The number of aromatic nitrogens is 1. The van der Waals surface area contributed by atoms with Gasteiger partial charge in [-0.25, -0.2) is 4.39 Å². The van der Waals surface area contributed by atoms with Crippen molar-refractivity contribution < 1.29 is 4.39 Å². The molecule has 3 nitrogen and oxygen atoms in total. The van der Waals surface area contributed by atoms with Gasteiger partial charge in [-0.05, 0) is 63.6 Å². The van der Waals surface area contributed by atoms with Crippen LogP contribution in [0.1, 0.15) is 55.2 Å². The molecule has 0 radical (unpaired) electrons. The number of aryl methyl sites for hydroxylation is 1. The van der Waals surface area contributed by atoms with Gasteiger partial charge in [0.15, 0.2) is 0 Å². The lowest BCUT2D eigenvalue weighted by atomic mass is 9.94. The second kappa shape index (κ2) is 5.85. The molecule has 2 N–H and O–H groups in total. The van der Waals surface area contributed by atoms with Crippen molar-refractivity contribution in [2.24, 2.45) is 0 Å². The molecule has 2 saturated carbocycles.